The van der Waals surface area contributed by atoms with Gasteiger partial charge in [-0.05, 0) is 23.3 Å². The predicted molar refractivity (Wildman–Crippen MR) is 59.0 cm³/mol. The topological polar surface area (TPSA) is 55.8 Å². The van der Waals surface area contributed by atoms with Crippen molar-refractivity contribution in [2.75, 3.05) is 14.2 Å². The Kier molecular flexibility index (Phi) is 2.56. The number of fused-ring (bicyclic) bond motifs is 1. The molecule has 0 saturated heterocycles. The molecule has 4 nitrogen and oxygen atoms in total. The number of ether oxygens (including phenoxy) is 2. The van der Waals surface area contributed by atoms with Crippen molar-refractivity contribution in [2.45, 2.75) is 5.92 Å². The Labute approximate surface area is 93.1 Å². The van der Waals surface area contributed by atoms with Crippen molar-refractivity contribution in [3.8, 4) is 11.5 Å². The molecule has 1 aliphatic carbocycles. The minimum atomic E-state index is -0.859. The van der Waals surface area contributed by atoms with Crippen molar-refractivity contribution >= 4 is 12.0 Å². The maximum Gasteiger partial charge on any atom is 0.314 e. The van der Waals surface area contributed by atoms with E-state index >= 15 is 0 Å². The van der Waals surface area contributed by atoms with Gasteiger partial charge in [-0.2, -0.15) is 0 Å². The number of carboxylic acid groups (broad SMARTS) is 1. The van der Waals surface area contributed by atoms with Gasteiger partial charge in [-0.1, -0.05) is 12.2 Å². The summed E-state index contributed by atoms with van der Waals surface area (Å²) >= 11 is 0. The number of benzene rings is 1. The first-order valence-corrected chi connectivity index (χ1v) is 4.84. The van der Waals surface area contributed by atoms with Crippen LogP contribution in [0.5, 0.6) is 11.5 Å². The van der Waals surface area contributed by atoms with Crippen molar-refractivity contribution in [3.63, 3.8) is 0 Å². The van der Waals surface area contributed by atoms with Gasteiger partial charge in [-0.3, -0.25) is 4.79 Å². The molecule has 16 heavy (non-hydrogen) atoms. The van der Waals surface area contributed by atoms with Gasteiger partial charge >= 0.3 is 5.97 Å². The highest BCUT2D eigenvalue weighted by Crippen LogP contribution is 2.38. The summed E-state index contributed by atoms with van der Waals surface area (Å²) in [5.41, 5.74) is 1.61. The molecule has 84 valence electrons. The quantitative estimate of drug-likeness (QED) is 0.845. The number of carbonyl (C=O) groups is 1. The summed E-state index contributed by atoms with van der Waals surface area (Å²) in [5, 5.41) is 9.03. The third-order valence-electron chi connectivity index (χ3n) is 2.66. The van der Waals surface area contributed by atoms with Crippen LogP contribution in [0.2, 0.25) is 0 Å². The molecule has 0 bridgehead atoms. The van der Waals surface area contributed by atoms with E-state index < -0.39 is 11.9 Å². The van der Waals surface area contributed by atoms with Crippen LogP contribution in [-0.2, 0) is 4.79 Å². The van der Waals surface area contributed by atoms with Gasteiger partial charge in [0.05, 0.1) is 14.2 Å². The number of rotatable bonds is 3. The van der Waals surface area contributed by atoms with Crippen LogP contribution in [0.15, 0.2) is 18.2 Å². The average Bonchev–Trinajstić information content (AvgIpc) is 2.69. The first-order chi connectivity index (χ1) is 7.67. The Hall–Kier alpha value is -1.97. The van der Waals surface area contributed by atoms with Gasteiger partial charge in [0.1, 0.15) is 5.92 Å². The second-order valence-electron chi connectivity index (χ2n) is 3.51. The van der Waals surface area contributed by atoms with Gasteiger partial charge in [0.25, 0.3) is 0 Å². The van der Waals surface area contributed by atoms with Gasteiger partial charge in [0, 0.05) is 0 Å². The second kappa shape index (κ2) is 3.89. The third-order valence-corrected chi connectivity index (χ3v) is 2.66. The Morgan fingerprint density at radius 2 is 1.88 bits per heavy atom. The molecule has 1 atom stereocenters. The van der Waals surface area contributed by atoms with Gasteiger partial charge in [0.2, 0.25) is 0 Å². The van der Waals surface area contributed by atoms with Crippen molar-refractivity contribution in [2.24, 2.45) is 0 Å². The molecule has 1 aromatic rings. The van der Waals surface area contributed by atoms with Crippen LogP contribution < -0.4 is 9.47 Å². The molecule has 0 saturated carbocycles. The summed E-state index contributed by atoms with van der Waals surface area (Å²) in [6, 6.07) is 3.50. The van der Waals surface area contributed by atoms with Gasteiger partial charge in [-0.25, -0.2) is 0 Å². The summed E-state index contributed by atoms with van der Waals surface area (Å²) in [6.07, 6.45) is 3.45. The third kappa shape index (κ3) is 1.52. The van der Waals surface area contributed by atoms with E-state index in [-0.39, 0.29) is 0 Å². The number of methoxy groups -OCH3 is 2. The molecule has 2 rings (SSSR count). The number of hydrogen-bond acceptors (Lipinski definition) is 3. The summed E-state index contributed by atoms with van der Waals surface area (Å²) in [5.74, 6) is -0.287. The molecule has 1 unspecified atom stereocenters. The van der Waals surface area contributed by atoms with Gasteiger partial charge in [0.15, 0.2) is 11.5 Å². The van der Waals surface area contributed by atoms with E-state index in [9.17, 15) is 4.79 Å². The molecule has 0 aromatic heterocycles. The molecule has 0 fully saturated rings. The maximum absolute atomic E-state index is 11.0. The molecule has 1 aromatic carbocycles. The highest BCUT2D eigenvalue weighted by molar-refractivity contribution is 5.85. The van der Waals surface area contributed by atoms with E-state index in [0.29, 0.717) is 11.5 Å². The van der Waals surface area contributed by atoms with Crippen molar-refractivity contribution in [3.05, 3.63) is 29.3 Å². The van der Waals surface area contributed by atoms with E-state index in [1.807, 2.05) is 0 Å². The predicted octanol–water partition coefficient (Wildman–Crippen LogP) is 1.90. The largest absolute Gasteiger partial charge is 0.493 e. The number of aliphatic carboxylic acids is 1. The zero-order chi connectivity index (χ0) is 11.7. The number of hydrogen-bond donors (Lipinski definition) is 1. The monoisotopic (exact) mass is 220 g/mol. The molecule has 0 radical (unpaired) electrons. The van der Waals surface area contributed by atoms with Gasteiger partial charge in [-0.15, -0.1) is 0 Å². The standard InChI is InChI=1S/C12H12O4/c1-15-10-5-7-3-4-8(12(13)14)9(7)6-11(10)16-2/h3-6,8H,1-2H3,(H,13,14). The highest BCUT2D eigenvalue weighted by Gasteiger charge is 2.25. The van der Waals surface area contributed by atoms with Crippen molar-refractivity contribution < 1.29 is 19.4 Å². The van der Waals surface area contributed by atoms with E-state index in [0.717, 1.165) is 11.1 Å². The average molecular weight is 220 g/mol. The molecular formula is C12H12O4. The SMILES string of the molecule is COc1cc2c(cc1OC)C(C(=O)O)C=C2. The molecule has 0 aliphatic heterocycles. The van der Waals surface area contributed by atoms with Crippen LogP contribution in [0.25, 0.3) is 6.08 Å². The first kappa shape index (κ1) is 10.5. The van der Waals surface area contributed by atoms with Crippen LogP contribution in [0, 0.1) is 0 Å². The van der Waals surface area contributed by atoms with E-state index in [1.165, 1.54) is 7.11 Å². The summed E-state index contributed by atoms with van der Waals surface area (Å²) in [6.45, 7) is 0. The van der Waals surface area contributed by atoms with Crippen molar-refractivity contribution in [1.29, 1.82) is 0 Å². The Morgan fingerprint density at radius 3 is 2.44 bits per heavy atom. The molecule has 1 N–H and O–H groups in total. The lowest BCUT2D eigenvalue weighted by molar-refractivity contribution is -0.137. The Balaban J connectivity index is 2.51. The molecule has 1 aliphatic rings. The van der Waals surface area contributed by atoms with Crippen LogP contribution in [0.1, 0.15) is 17.0 Å². The van der Waals surface area contributed by atoms with E-state index in [1.54, 1.807) is 31.4 Å². The minimum absolute atomic E-state index is 0.552. The first-order valence-electron chi connectivity index (χ1n) is 4.84. The van der Waals surface area contributed by atoms with Crippen LogP contribution >= 0.6 is 0 Å². The van der Waals surface area contributed by atoms with Gasteiger partial charge < -0.3 is 14.6 Å². The lowest BCUT2D eigenvalue weighted by Crippen LogP contribution is -2.07. The van der Waals surface area contributed by atoms with E-state index in [2.05, 4.69) is 0 Å². The second-order valence-corrected chi connectivity index (χ2v) is 3.51. The fourth-order valence-corrected chi connectivity index (χ4v) is 1.84. The lowest BCUT2D eigenvalue weighted by Gasteiger charge is -2.12. The molecule has 0 spiro atoms. The molecule has 4 heteroatoms. The van der Waals surface area contributed by atoms with Crippen LogP contribution in [-0.4, -0.2) is 25.3 Å². The summed E-state index contributed by atoms with van der Waals surface area (Å²) < 4.78 is 10.3. The summed E-state index contributed by atoms with van der Waals surface area (Å²) in [7, 11) is 3.08. The smallest absolute Gasteiger partial charge is 0.314 e. The zero-order valence-electron chi connectivity index (χ0n) is 9.06. The Morgan fingerprint density at radius 1 is 1.25 bits per heavy atom. The van der Waals surface area contributed by atoms with Crippen LogP contribution in [0.3, 0.4) is 0 Å². The maximum atomic E-state index is 11.0. The Bertz CT molecular complexity index is 462. The molecular weight excluding hydrogens is 208 g/mol. The van der Waals surface area contributed by atoms with Crippen LogP contribution in [0.4, 0.5) is 0 Å². The number of carboxylic acids is 1. The summed E-state index contributed by atoms with van der Waals surface area (Å²) in [4.78, 5) is 11.0. The fourth-order valence-electron chi connectivity index (χ4n) is 1.84. The lowest BCUT2D eigenvalue weighted by atomic mass is 10.0. The minimum Gasteiger partial charge on any atom is -0.493 e. The highest BCUT2D eigenvalue weighted by atomic mass is 16.5. The molecule has 0 amide bonds. The zero-order valence-corrected chi connectivity index (χ0v) is 9.06. The van der Waals surface area contributed by atoms with E-state index in [4.69, 9.17) is 14.6 Å². The molecule has 0 heterocycles. The fraction of sp³-hybridized carbons (Fsp3) is 0.250. The van der Waals surface area contributed by atoms with Crippen molar-refractivity contribution in [1.82, 2.24) is 0 Å². The normalized spacial score (nSPS) is 17.0.